The van der Waals surface area contributed by atoms with Gasteiger partial charge in [0.15, 0.2) is 0 Å². The van der Waals surface area contributed by atoms with Crippen molar-refractivity contribution in [1.82, 2.24) is 19.3 Å². The van der Waals surface area contributed by atoms with Crippen molar-refractivity contribution in [1.29, 1.82) is 0 Å². The SMILES string of the molecule is Cn1ccc(COc2ccn(-c3ccncc3)c(=O)c2)n1. The van der Waals surface area contributed by atoms with Gasteiger partial charge in [-0.2, -0.15) is 5.10 Å². The lowest BCUT2D eigenvalue weighted by Gasteiger charge is -2.07. The highest BCUT2D eigenvalue weighted by atomic mass is 16.5. The first kappa shape index (κ1) is 13.1. The van der Waals surface area contributed by atoms with Gasteiger partial charge in [-0.1, -0.05) is 0 Å². The Morgan fingerprint density at radius 2 is 1.95 bits per heavy atom. The van der Waals surface area contributed by atoms with Gasteiger partial charge in [-0.25, -0.2) is 0 Å². The maximum Gasteiger partial charge on any atom is 0.258 e. The lowest BCUT2D eigenvalue weighted by atomic mass is 10.3. The minimum atomic E-state index is -0.153. The zero-order valence-electron chi connectivity index (χ0n) is 11.5. The molecule has 0 amide bonds. The first-order valence-corrected chi connectivity index (χ1v) is 6.47. The van der Waals surface area contributed by atoms with Crippen LogP contribution in [0.4, 0.5) is 0 Å². The van der Waals surface area contributed by atoms with E-state index in [1.54, 1.807) is 41.5 Å². The van der Waals surface area contributed by atoms with Crippen LogP contribution in [-0.4, -0.2) is 19.3 Å². The molecule has 6 heteroatoms. The molecule has 6 nitrogen and oxygen atoms in total. The molecule has 3 aromatic heterocycles. The van der Waals surface area contributed by atoms with E-state index in [9.17, 15) is 4.79 Å². The Labute approximate surface area is 121 Å². The van der Waals surface area contributed by atoms with Crippen LogP contribution in [0.3, 0.4) is 0 Å². The third-order valence-electron chi connectivity index (χ3n) is 2.99. The molecule has 0 aromatic carbocycles. The standard InChI is InChI=1S/C15H14N4O2/c1-18-8-4-12(17-18)11-21-14-5-9-19(15(20)10-14)13-2-6-16-7-3-13/h2-10H,11H2,1H3. The average molecular weight is 282 g/mol. The van der Waals surface area contributed by atoms with Crippen molar-refractivity contribution in [3.8, 4) is 11.4 Å². The molecule has 0 aliphatic heterocycles. The number of ether oxygens (including phenoxy) is 1. The molecule has 0 aliphatic carbocycles. The van der Waals surface area contributed by atoms with Crippen molar-refractivity contribution in [3.63, 3.8) is 0 Å². The number of rotatable bonds is 4. The van der Waals surface area contributed by atoms with Crippen LogP contribution in [0.15, 0.2) is 59.9 Å². The van der Waals surface area contributed by atoms with Gasteiger partial charge in [0.2, 0.25) is 0 Å². The lowest BCUT2D eigenvalue weighted by molar-refractivity contribution is 0.299. The molecule has 0 bridgehead atoms. The van der Waals surface area contributed by atoms with E-state index in [2.05, 4.69) is 10.1 Å². The van der Waals surface area contributed by atoms with E-state index in [-0.39, 0.29) is 5.56 Å². The van der Waals surface area contributed by atoms with E-state index in [0.29, 0.717) is 12.4 Å². The fourth-order valence-corrected chi connectivity index (χ4v) is 1.97. The number of hydrogen-bond donors (Lipinski definition) is 0. The molecule has 3 heterocycles. The second kappa shape index (κ2) is 5.62. The largest absolute Gasteiger partial charge is 0.487 e. The summed E-state index contributed by atoms with van der Waals surface area (Å²) in [5.41, 5.74) is 1.43. The first-order valence-electron chi connectivity index (χ1n) is 6.47. The summed E-state index contributed by atoms with van der Waals surface area (Å²) in [5, 5.41) is 4.21. The third kappa shape index (κ3) is 3.00. The molecule has 0 atom stereocenters. The summed E-state index contributed by atoms with van der Waals surface area (Å²) in [6.07, 6.45) is 6.83. The van der Waals surface area contributed by atoms with Crippen LogP contribution in [0, 0.1) is 0 Å². The summed E-state index contributed by atoms with van der Waals surface area (Å²) in [5.74, 6) is 0.524. The molecule has 0 saturated carbocycles. The van der Waals surface area contributed by atoms with Gasteiger partial charge in [-0.3, -0.25) is 19.0 Å². The molecular weight excluding hydrogens is 268 g/mol. The van der Waals surface area contributed by atoms with Gasteiger partial charge in [0.1, 0.15) is 12.4 Å². The fraction of sp³-hybridized carbons (Fsp3) is 0.133. The molecule has 3 aromatic rings. The second-order valence-corrected chi connectivity index (χ2v) is 4.55. The zero-order valence-corrected chi connectivity index (χ0v) is 11.5. The molecule has 0 fully saturated rings. The Bertz CT molecular complexity index is 793. The molecule has 0 N–H and O–H groups in total. The lowest BCUT2D eigenvalue weighted by Crippen LogP contribution is -2.16. The average Bonchev–Trinajstić information content (AvgIpc) is 2.92. The number of aromatic nitrogens is 4. The van der Waals surface area contributed by atoms with Crippen LogP contribution >= 0.6 is 0 Å². The maximum absolute atomic E-state index is 12.1. The van der Waals surface area contributed by atoms with Crippen LogP contribution in [0.1, 0.15) is 5.69 Å². The van der Waals surface area contributed by atoms with E-state index in [0.717, 1.165) is 11.4 Å². The highest BCUT2D eigenvalue weighted by Crippen LogP contribution is 2.11. The van der Waals surface area contributed by atoms with Crippen molar-refractivity contribution < 1.29 is 4.74 Å². The molecule has 106 valence electrons. The van der Waals surface area contributed by atoms with Crippen molar-refractivity contribution >= 4 is 0 Å². The summed E-state index contributed by atoms with van der Waals surface area (Å²) in [4.78, 5) is 16.0. The molecule has 0 spiro atoms. The van der Waals surface area contributed by atoms with Crippen LogP contribution in [-0.2, 0) is 13.7 Å². The third-order valence-corrected chi connectivity index (χ3v) is 2.99. The number of pyridine rings is 2. The van der Waals surface area contributed by atoms with Gasteiger partial charge >= 0.3 is 0 Å². The number of nitrogens with zero attached hydrogens (tertiary/aromatic N) is 4. The molecule has 0 radical (unpaired) electrons. The smallest absolute Gasteiger partial charge is 0.258 e. The van der Waals surface area contributed by atoms with Crippen molar-refractivity contribution in [2.75, 3.05) is 0 Å². The summed E-state index contributed by atoms with van der Waals surface area (Å²) in [6, 6.07) is 8.64. The highest BCUT2D eigenvalue weighted by Gasteiger charge is 2.03. The molecule has 0 saturated heterocycles. The van der Waals surface area contributed by atoms with E-state index >= 15 is 0 Å². The quantitative estimate of drug-likeness (QED) is 0.728. The van der Waals surface area contributed by atoms with E-state index < -0.39 is 0 Å². The Kier molecular flexibility index (Phi) is 3.51. The van der Waals surface area contributed by atoms with Crippen LogP contribution in [0.25, 0.3) is 5.69 Å². The monoisotopic (exact) mass is 282 g/mol. The van der Waals surface area contributed by atoms with Crippen LogP contribution in [0.2, 0.25) is 0 Å². The summed E-state index contributed by atoms with van der Waals surface area (Å²) in [6.45, 7) is 0.333. The number of aryl methyl sites for hydroxylation is 1. The Morgan fingerprint density at radius 1 is 1.14 bits per heavy atom. The fourth-order valence-electron chi connectivity index (χ4n) is 1.97. The normalized spacial score (nSPS) is 10.5. The van der Waals surface area contributed by atoms with Crippen molar-refractivity contribution in [2.24, 2.45) is 7.05 Å². The van der Waals surface area contributed by atoms with Gasteiger partial charge in [0.25, 0.3) is 5.56 Å². The first-order chi connectivity index (χ1) is 10.2. The van der Waals surface area contributed by atoms with E-state index in [1.807, 2.05) is 19.3 Å². The van der Waals surface area contributed by atoms with E-state index in [4.69, 9.17) is 4.74 Å². The van der Waals surface area contributed by atoms with Gasteiger partial charge in [-0.15, -0.1) is 0 Å². The summed E-state index contributed by atoms with van der Waals surface area (Å²) >= 11 is 0. The van der Waals surface area contributed by atoms with E-state index in [1.165, 1.54) is 10.6 Å². The summed E-state index contributed by atoms with van der Waals surface area (Å²) < 4.78 is 8.82. The Hall–Kier alpha value is -2.89. The molecule has 3 rings (SSSR count). The minimum Gasteiger partial charge on any atom is -0.487 e. The molecular formula is C15H14N4O2. The van der Waals surface area contributed by atoms with Crippen molar-refractivity contribution in [3.05, 3.63) is 71.2 Å². The summed E-state index contributed by atoms with van der Waals surface area (Å²) in [7, 11) is 1.85. The predicted octanol–water partition coefficient (Wildman–Crippen LogP) is 1.54. The topological polar surface area (TPSA) is 61.9 Å². The number of hydrogen-bond acceptors (Lipinski definition) is 4. The molecule has 0 unspecified atom stereocenters. The van der Waals surface area contributed by atoms with Gasteiger partial charge in [-0.05, 0) is 24.3 Å². The van der Waals surface area contributed by atoms with Gasteiger partial charge in [0, 0.05) is 37.9 Å². The van der Waals surface area contributed by atoms with Crippen LogP contribution < -0.4 is 10.3 Å². The van der Waals surface area contributed by atoms with Gasteiger partial charge < -0.3 is 4.74 Å². The zero-order chi connectivity index (χ0) is 14.7. The second-order valence-electron chi connectivity index (χ2n) is 4.55. The predicted molar refractivity (Wildman–Crippen MR) is 77.4 cm³/mol. The molecule has 0 aliphatic rings. The van der Waals surface area contributed by atoms with Gasteiger partial charge in [0.05, 0.1) is 11.4 Å². The Balaban J connectivity index is 1.77. The molecule has 21 heavy (non-hydrogen) atoms. The minimum absolute atomic E-state index is 0.153. The van der Waals surface area contributed by atoms with Crippen LogP contribution in [0.5, 0.6) is 5.75 Å². The van der Waals surface area contributed by atoms with Crippen molar-refractivity contribution in [2.45, 2.75) is 6.61 Å². The highest BCUT2D eigenvalue weighted by molar-refractivity contribution is 5.31. The Morgan fingerprint density at radius 3 is 2.62 bits per heavy atom. The maximum atomic E-state index is 12.1.